The average molecular weight is 236 g/mol. The van der Waals surface area contributed by atoms with Crippen LogP contribution in [0.3, 0.4) is 0 Å². The van der Waals surface area contributed by atoms with E-state index in [9.17, 15) is 4.79 Å². The number of nitrogens with one attached hydrogen (secondary N) is 1. The molecule has 0 bridgehead atoms. The number of halogens is 1. The van der Waals surface area contributed by atoms with Crippen molar-refractivity contribution in [2.75, 3.05) is 0 Å². The summed E-state index contributed by atoms with van der Waals surface area (Å²) in [5.41, 5.74) is -0.0288. The highest BCUT2D eigenvalue weighted by Gasteiger charge is 2.28. The molecule has 0 aliphatic carbocycles. The molecular formula is C9H18BrNO. The van der Waals surface area contributed by atoms with Gasteiger partial charge in [0.25, 0.3) is 0 Å². The molecule has 0 saturated carbocycles. The lowest BCUT2D eigenvalue weighted by Gasteiger charge is -2.25. The van der Waals surface area contributed by atoms with E-state index < -0.39 is 0 Å². The molecule has 0 saturated heterocycles. The Morgan fingerprint density at radius 2 is 1.75 bits per heavy atom. The van der Waals surface area contributed by atoms with Crippen molar-refractivity contribution in [2.45, 2.75) is 45.5 Å². The molecule has 0 radical (unpaired) electrons. The first-order valence-electron chi connectivity index (χ1n) is 4.19. The number of alkyl halides is 1. The van der Waals surface area contributed by atoms with Gasteiger partial charge >= 0.3 is 0 Å². The lowest BCUT2D eigenvalue weighted by Crippen LogP contribution is -2.41. The van der Waals surface area contributed by atoms with E-state index in [1.54, 1.807) is 0 Å². The summed E-state index contributed by atoms with van der Waals surface area (Å²) in [6, 6.07) is 0.208. The molecule has 0 fully saturated rings. The highest BCUT2D eigenvalue weighted by molar-refractivity contribution is 9.10. The number of hydrogen-bond donors (Lipinski definition) is 1. The summed E-state index contributed by atoms with van der Waals surface area (Å²) in [5.74, 6) is 0.0671. The number of carbonyl (C=O) groups excluding carboxylic acids is 1. The second-order valence-electron chi connectivity index (χ2n) is 4.39. The molecule has 2 nitrogen and oxygen atoms in total. The highest BCUT2D eigenvalue weighted by Crippen LogP contribution is 2.25. The van der Waals surface area contributed by atoms with E-state index in [0.29, 0.717) is 0 Å². The lowest BCUT2D eigenvalue weighted by atomic mass is 9.91. The van der Waals surface area contributed by atoms with Gasteiger partial charge in [0.2, 0.25) is 5.91 Å². The summed E-state index contributed by atoms with van der Waals surface area (Å²) < 4.78 is 0. The second kappa shape index (κ2) is 4.26. The molecule has 0 aromatic heterocycles. The zero-order valence-electron chi connectivity index (χ0n) is 8.44. The molecule has 0 aromatic carbocycles. The van der Waals surface area contributed by atoms with Gasteiger partial charge in [-0.2, -0.15) is 0 Å². The highest BCUT2D eigenvalue weighted by atomic mass is 79.9. The summed E-state index contributed by atoms with van der Waals surface area (Å²) in [4.78, 5) is 11.3. The first kappa shape index (κ1) is 11.9. The maximum absolute atomic E-state index is 11.4. The van der Waals surface area contributed by atoms with Crippen LogP contribution in [0.2, 0.25) is 0 Å². The Balaban J connectivity index is 4.12. The molecule has 0 aliphatic rings. The predicted octanol–water partition coefficient (Wildman–Crippen LogP) is 2.32. The predicted molar refractivity (Wildman–Crippen MR) is 55.4 cm³/mol. The number of hydrogen-bond acceptors (Lipinski definition) is 1. The summed E-state index contributed by atoms with van der Waals surface area (Å²) in [6.45, 7) is 10.0. The summed E-state index contributed by atoms with van der Waals surface area (Å²) in [7, 11) is 0. The summed E-state index contributed by atoms with van der Waals surface area (Å²) >= 11 is 3.38. The monoisotopic (exact) mass is 235 g/mol. The van der Waals surface area contributed by atoms with E-state index in [0.717, 1.165) is 0 Å². The van der Waals surface area contributed by atoms with Crippen LogP contribution in [-0.2, 0) is 4.79 Å². The SMILES string of the molecule is CC(C)NC(=O)[C@H](Br)C(C)(C)C. The van der Waals surface area contributed by atoms with Gasteiger partial charge in [-0.25, -0.2) is 0 Å². The third kappa shape index (κ3) is 4.10. The van der Waals surface area contributed by atoms with Crippen molar-refractivity contribution >= 4 is 21.8 Å². The maximum atomic E-state index is 11.4. The van der Waals surface area contributed by atoms with E-state index in [1.165, 1.54) is 0 Å². The molecule has 1 atom stereocenters. The molecule has 0 unspecified atom stereocenters. The Kier molecular flexibility index (Phi) is 4.24. The van der Waals surface area contributed by atoms with Crippen LogP contribution in [0.1, 0.15) is 34.6 Å². The van der Waals surface area contributed by atoms with Crippen LogP contribution < -0.4 is 5.32 Å². The number of amides is 1. The fraction of sp³-hybridized carbons (Fsp3) is 0.889. The quantitative estimate of drug-likeness (QED) is 0.732. The summed E-state index contributed by atoms with van der Waals surface area (Å²) in [6.07, 6.45) is 0. The second-order valence-corrected chi connectivity index (χ2v) is 5.31. The fourth-order valence-corrected chi connectivity index (χ4v) is 0.883. The molecule has 0 aliphatic heterocycles. The zero-order valence-corrected chi connectivity index (χ0v) is 10.0. The van der Waals surface area contributed by atoms with E-state index >= 15 is 0 Å². The Bertz CT molecular complexity index is 160. The molecule has 1 amide bonds. The van der Waals surface area contributed by atoms with Crippen LogP contribution >= 0.6 is 15.9 Å². The van der Waals surface area contributed by atoms with E-state index in [4.69, 9.17) is 0 Å². The third-order valence-electron chi connectivity index (χ3n) is 1.42. The minimum absolute atomic E-state index is 0.0288. The van der Waals surface area contributed by atoms with Crippen LogP contribution in [0.25, 0.3) is 0 Å². The standard InChI is InChI=1S/C9H18BrNO/c1-6(2)11-8(12)7(10)9(3,4)5/h6-7H,1-5H3,(H,11,12)/t7-/m0/s1. The Labute approximate surface area is 83.2 Å². The van der Waals surface area contributed by atoms with Gasteiger partial charge in [0.1, 0.15) is 0 Å². The lowest BCUT2D eigenvalue weighted by molar-refractivity contribution is -0.122. The third-order valence-corrected chi connectivity index (χ3v) is 3.21. The molecular weight excluding hydrogens is 218 g/mol. The van der Waals surface area contributed by atoms with Gasteiger partial charge in [-0.3, -0.25) is 4.79 Å². The Morgan fingerprint density at radius 1 is 1.33 bits per heavy atom. The van der Waals surface area contributed by atoms with Gasteiger partial charge in [0, 0.05) is 6.04 Å². The van der Waals surface area contributed by atoms with Crippen molar-refractivity contribution in [3.63, 3.8) is 0 Å². The van der Waals surface area contributed by atoms with Crippen molar-refractivity contribution in [1.82, 2.24) is 5.32 Å². The normalized spacial score (nSPS) is 14.6. The number of carbonyl (C=O) groups is 1. The molecule has 0 rings (SSSR count). The Hall–Kier alpha value is -0.0500. The van der Waals surface area contributed by atoms with Crippen LogP contribution in [-0.4, -0.2) is 16.8 Å². The molecule has 1 N–H and O–H groups in total. The Morgan fingerprint density at radius 3 is 2.00 bits per heavy atom. The van der Waals surface area contributed by atoms with Crippen molar-refractivity contribution in [1.29, 1.82) is 0 Å². The van der Waals surface area contributed by atoms with Crippen LogP contribution in [0.15, 0.2) is 0 Å². The smallest absolute Gasteiger partial charge is 0.234 e. The molecule has 0 aromatic rings. The van der Waals surface area contributed by atoms with Crippen molar-refractivity contribution < 1.29 is 4.79 Å². The molecule has 72 valence electrons. The van der Waals surface area contributed by atoms with Crippen molar-refractivity contribution in [3.8, 4) is 0 Å². The fourth-order valence-electron chi connectivity index (χ4n) is 0.751. The minimum atomic E-state index is -0.118. The zero-order chi connectivity index (χ0) is 9.94. The van der Waals surface area contributed by atoms with Crippen molar-refractivity contribution in [2.24, 2.45) is 5.41 Å². The molecule has 0 spiro atoms. The van der Waals surface area contributed by atoms with Crippen LogP contribution in [0.5, 0.6) is 0 Å². The first-order chi connectivity index (χ1) is 5.25. The van der Waals surface area contributed by atoms with Crippen LogP contribution in [0, 0.1) is 5.41 Å². The summed E-state index contributed by atoms with van der Waals surface area (Å²) in [5, 5.41) is 2.86. The first-order valence-corrected chi connectivity index (χ1v) is 5.11. The molecule has 0 heterocycles. The van der Waals surface area contributed by atoms with E-state index in [1.807, 2.05) is 34.6 Å². The number of rotatable bonds is 2. The van der Waals surface area contributed by atoms with E-state index in [2.05, 4.69) is 21.2 Å². The van der Waals surface area contributed by atoms with Crippen molar-refractivity contribution in [3.05, 3.63) is 0 Å². The molecule has 3 heteroatoms. The van der Waals surface area contributed by atoms with Gasteiger partial charge in [0.15, 0.2) is 0 Å². The van der Waals surface area contributed by atoms with Gasteiger partial charge in [-0.05, 0) is 19.3 Å². The van der Waals surface area contributed by atoms with E-state index in [-0.39, 0.29) is 22.2 Å². The average Bonchev–Trinajstić information content (AvgIpc) is 1.82. The van der Waals surface area contributed by atoms with Crippen LogP contribution in [0.4, 0.5) is 0 Å². The maximum Gasteiger partial charge on any atom is 0.234 e. The van der Waals surface area contributed by atoms with Gasteiger partial charge in [-0.1, -0.05) is 36.7 Å². The molecule has 12 heavy (non-hydrogen) atoms. The van der Waals surface area contributed by atoms with Gasteiger partial charge < -0.3 is 5.32 Å². The topological polar surface area (TPSA) is 29.1 Å². The van der Waals surface area contributed by atoms with Gasteiger partial charge in [0.05, 0.1) is 4.83 Å². The largest absolute Gasteiger partial charge is 0.353 e. The minimum Gasteiger partial charge on any atom is -0.353 e. The van der Waals surface area contributed by atoms with Gasteiger partial charge in [-0.15, -0.1) is 0 Å².